The Hall–Kier alpha value is -2.16. The standard InChI is InChI=1S/C15H14Cl2N4O3S/c1-25(23,24)21(12-2-3-13(16)14(17)8-12)10-15(22)20-19-9-11-4-6-18-7-5-11/h2-9H,10H2,1H3,(H,20,22). The zero-order chi connectivity index (χ0) is 18.4. The van der Waals surface area contributed by atoms with Gasteiger partial charge in [0.05, 0.1) is 28.2 Å². The molecule has 0 aliphatic rings. The van der Waals surface area contributed by atoms with Gasteiger partial charge >= 0.3 is 0 Å². The second kappa shape index (κ2) is 8.28. The van der Waals surface area contributed by atoms with E-state index in [4.69, 9.17) is 23.2 Å². The number of hydrogen-bond donors (Lipinski definition) is 1. The molecule has 7 nitrogen and oxygen atoms in total. The molecule has 1 heterocycles. The normalized spacial score (nSPS) is 11.5. The highest BCUT2D eigenvalue weighted by molar-refractivity contribution is 7.92. The highest BCUT2D eigenvalue weighted by atomic mass is 35.5. The van der Waals surface area contributed by atoms with Crippen LogP contribution in [0.4, 0.5) is 5.69 Å². The van der Waals surface area contributed by atoms with Crippen molar-refractivity contribution >= 4 is 51.0 Å². The number of halogens is 2. The molecule has 1 N–H and O–H groups in total. The SMILES string of the molecule is CS(=O)(=O)N(CC(=O)NN=Cc1ccncc1)c1ccc(Cl)c(Cl)c1. The van der Waals surface area contributed by atoms with Gasteiger partial charge in [-0.1, -0.05) is 23.2 Å². The fourth-order valence-electron chi connectivity index (χ4n) is 1.83. The van der Waals surface area contributed by atoms with Gasteiger partial charge in [0.2, 0.25) is 10.0 Å². The van der Waals surface area contributed by atoms with Crippen LogP contribution in [0.25, 0.3) is 0 Å². The molecular formula is C15H14Cl2N4O3S. The molecule has 1 amide bonds. The molecule has 2 rings (SSSR count). The number of amides is 1. The molecule has 0 radical (unpaired) electrons. The van der Waals surface area contributed by atoms with Gasteiger partial charge in [-0.25, -0.2) is 13.8 Å². The van der Waals surface area contributed by atoms with Crippen molar-refractivity contribution in [3.63, 3.8) is 0 Å². The third-order valence-corrected chi connectivity index (χ3v) is 4.87. The van der Waals surface area contributed by atoms with Gasteiger partial charge in [0.1, 0.15) is 6.54 Å². The number of carbonyl (C=O) groups is 1. The summed E-state index contributed by atoms with van der Waals surface area (Å²) >= 11 is 11.7. The Morgan fingerprint density at radius 2 is 1.92 bits per heavy atom. The Kier molecular flexibility index (Phi) is 6.35. The number of hydrazone groups is 1. The molecule has 0 aliphatic carbocycles. The van der Waals surface area contributed by atoms with E-state index in [1.807, 2.05) is 0 Å². The lowest BCUT2D eigenvalue weighted by Crippen LogP contribution is -2.39. The Morgan fingerprint density at radius 1 is 1.24 bits per heavy atom. The molecule has 2 aromatic rings. The number of carbonyl (C=O) groups excluding carboxylic acids is 1. The Labute approximate surface area is 155 Å². The van der Waals surface area contributed by atoms with Gasteiger partial charge in [0, 0.05) is 12.4 Å². The number of pyridine rings is 1. The summed E-state index contributed by atoms with van der Waals surface area (Å²) in [5, 5.41) is 4.25. The van der Waals surface area contributed by atoms with Crippen molar-refractivity contribution in [1.29, 1.82) is 0 Å². The first-order chi connectivity index (χ1) is 11.8. The monoisotopic (exact) mass is 400 g/mol. The van der Waals surface area contributed by atoms with Crippen molar-refractivity contribution in [3.05, 3.63) is 58.3 Å². The third kappa shape index (κ3) is 5.70. The predicted molar refractivity (Wildman–Crippen MR) is 98.6 cm³/mol. The summed E-state index contributed by atoms with van der Waals surface area (Å²) < 4.78 is 24.9. The van der Waals surface area contributed by atoms with Crippen molar-refractivity contribution in [2.45, 2.75) is 0 Å². The molecule has 1 aromatic heterocycles. The lowest BCUT2D eigenvalue weighted by Gasteiger charge is -2.21. The van der Waals surface area contributed by atoms with E-state index >= 15 is 0 Å². The van der Waals surface area contributed by atoms with Crippen molar-refractivity contribution in [2.75, 3.05) is 17.1 Å². The number of aromatic nitrogens is 1. The predicted octanol–water partition coefficient (Wildman–Crippen LogP) is 2.30. The van der Waals surface area contributed by atoms with Crippen LogP contribution in [0.1, 0.15) is 5.56 Å². The second-order valence-electron chi connectivity index (χ2n) is 4.94. The zero-order valence-corrected chi connectivity index (χ0v) is 15.4. The molecule has 0 spiro atoms. The van der Waals surface area contributed by atoms with Gasteiger partial charge in [0.25, 0.3) is 5.91 Å². The maximum atomic E-state index is 12.0. The van der Waals surface area contributed by atoms with Crippen LogP contribution in [-0.2, 0) is 14.8 Å². The molecule has 0 unspecified atom stereocenters. The number of nitrogens with zero attached hydrogens (tertiary/aromatic N) is 3. The van der Waals surface area contributed by atoms with E-state index in [0.29, 0.717) is 0 Å². The highest BCUT2D eigenvalue weighted by Gasteiger charge is 2.21. The van der Waals surface area contributed by atoms with E-state index in [9.17, 15) is 13.2 Å². The molecule has 0 atom stereocenters. The van der Waals surface area contributed by atoms with Crippen LogP contribution in [0.15, 0.2) is 47.8 Å². The van der Waals surface area contributed by atoms with Crippen LogP contribution in [0.3, 0.4) is 0 Å². The van der Waals surface area contributed by atoms with Gasteiger partial charge < -0.3 is 0 Å². The van der Waals surface area contributed by atoms with E-state index in [-0.39, 0.29) is 15.7 Å². The van der Waals surface area contributed by atoms with Gasteiger partial charge in [-0.15, -0.1) is 0 Å². The molecule has 0 fully saturated rings. The second-order valence-corrected chi connectivity index (χ2v) is 7.66. The van der Waals surface area contributed by atoms with E-state index in [1.165, 1.54) is 24.4 Å². The van der Waals surface area contributed by atoms with E-state index in [1.54, 1.807) is 24.5 Å². The lowest BCUT2D eigenvalue weighted by molar-refractivity contribution is -0.119. The number of rotatable bonds is 6. The van der Waals surface area contributed by atoms with Crippen LogP contribution < -0.4 is 9.73 Å². The summed E-state index contributed by atoms with van der Waals surface area (Å²) in [6.07, 6.45) is 5.57. The summed E-state index contributed by atoms with van der Waals surface area (Å²) in [4.78, 5) is 15.9. The van der Waals surface area contributed by atoms with Gasteiger partial charge in [-0.3, -0.25) is 14.1 Å². The van der Waals surface area contributed by atoms with Crippen molar-refractivity contribution in [3.8, 4) is 0 Å². The first-order valence-electron chi connectivity index (χ1n) is 6.92. The minimum Gasteiger partial charge on any atom is -0.271 e. The number of benzene rings is 1. The van der Waals surface area contributed by atoms with E-state index < -0.39 is 22.5 Å². The third-order valence-electron chi connectivity index (χ3n) is 2.99. The van der Waals surface area contributed by atoms with Gasteiger partial charge in [-0.2, -0.15) is 5.10 Å². The molecule has 0 bridgehead atoms. The van der Waals surface area contributed by atoms with Gasteiger partial charge in [-0.05, 0) is 35.9 Å². The molecule has 25 heavy (non-hydrogen) atoms. The topological polar surface area (TPSA) is 91.7 Å². The molecule has 1 aromatic carbocycles. The fourth-order valence-corrected chi connectivity index (χ4v) is 2.97. The van der Waals surface area contributed by atoms with E-state index in [0.717, 1.165) is 16.1 Å². The summed E-state index contributed by atoms with van der Waals surface area (Å²) in [6.45, 7) is -0.454. The van der Waals surface area contributed by atoms with Crippen molar-refractivity contribution < 1.29 is 13.2 Å². The molecule has 0 aliphatic heterocycles. The number of nitrogens with one attached hydrogen (secondary N) is 1. The smallest absolute Gasteiger partial charge is 0.260 e. The average Bonchev–Trinajstić information content (AvgIpc) is 2.55. The number of sulfonamides is 1. The molecular weight excluding hydrogens is 387 g/mol. The maximum absolute atomic E-state index is 12.0. The van der Waals surface area contributed by atoms with Crippen molar-refractivity contribution in [2.24, 2.45) is 5.10 Å². The van der Waals surface area contributed by atoms with Crippen LogP contribution in [0, 0.1) is 0 Å². The zero-order valence-electron chi connectivity index (χ0n) is 13.1. The Balaban J connectivity index is 2.10. The minimum absolute atomic E-state index is 0.184. The van der Waals surface area contributed by atoms with Crippen LogP contribution >= 0.6 is 23.2 Å². The molecule has 0 saturated carbocycles. The minimum atomic E-state index is -3.71. The Morgan fingerprint density at radius 3 is 2.52 bits per heavy atom. The lowest BCUT2D eigenvalue weighted by atomic mass is 10.3. The van der Waals surface area contributed by atoms with Crippen LogP contribution in [-0.4, -0.2) is 38.3 Å². The largest absolute Gasteiger partial charge is 0.271 e. The van der Waals surface area contributed by atoms with E-state index in [2.05, 4.69) is 15.5 Å². The average molecular weight is 401 g/mol. The summed E-state index contributed by atoms with van der Waals surface area (Å²) in [5.74, 6) is -0.609. The molecule has 10 heteroatoms. The first-order valence-corrected chi connectivity index (χ1v) is 9.52. The maximum Gasteiger partial charge on any atom is 0.260 e. The first kappa shape index (κ1) is 19.2. The summed E-state index contributed by atoms with van der Waals surface area (Å²) in [7, 11) is -3.71. The molecule has 0 saturated heterocycles. The van der Waals surface area contributed by atoms with Crippen molar-refractivity contribution in [1.82, 2.24) is 10.4 Å². The number of hydrogen-bond acceptors (Lipinski definition) is 5. The Bertz CT molecular complexity index is 889. The summed E-state index contributed by atoms with van der Waals surface area (Å²) in [5.41, 5.74) is 3.24. The highest BCUT2D eigenvalue weighted by Crippen LogP contribution is 2.28. The number of anilines is 1. The molecule has 132 valence electrons. The van der Waals surface area contributed by atoms with Crippen LogP contribution in [0.5, 0.6) is 0 Å². The summed E-state index contributed by atoms with van der Waals surface area (Å²) in [6, 6.07) is 7.69. The van der Waals surface area contributed by atoms with Crippen LogP contribution in [0.2, 0.25) is 10.0 Å². The quantitative estimate of drug-likeness (QED) is 0.594. The van der Waals surface area contributed by atoms with Gasteiger partial charge in [0.15, 0.2) is 0 Å². The fraction of sp³-hybridized carbons (Fsp3) is 0.133.